The number of hydrogen-bond donors (Lipinski definition) is 4. The lowest BCUT2D eigenvalue weighted by atomic mass is 9.99. The van der Waals surface area contributed by atoms with E-state index in [0.29, 0.717) is 6.54 Å². The molecule has 0 spiro atoms. The molecule has 3 heterocycles. The maximum Gasteiger partial charge on any atom is 0.338 e. The largest absolute Gasteiger partial charge is 0.478 e. The Balaban J connectivity index is 1.49. The van der Waals surface area contributed by atoms with Crippen LogP contribution in [-0.4, -0.2) is 55.0 Å². The number of benzene rings is 2. The van der Waals surface area contributed by atoms with Crippen molar-refractivity contribution < 1.29 is 18.3 Å². The van der Waals surface area contributed by atoms with E-state index < -0.39 is 21.8 Å². The number of fused-ring (bicyclic) bond motifs is 3. The van der Waals surface area contributed by atoms with Crippen molar-refractivity contribution >= 4 is 33.1 Å². The molecule has 1 unspecified atom stereocenters. The van der Waals surface area contributed by atoms with Crippen molar-refractivity contribution in [3.8, 4) is 11.1 Å². The molecular weight excluding hydrogens is 454 g/mol. The van der Waals surface area contributed by atoms with Gasteiger partial charge >= 0.3 is 5.97 Å². The third-order valence-electron chi connectivity index (χ3n) is 6.54. The van der Waals surface area contributed by atoms with E-state index in [2.05, 4.69) is 31.0 Å². The number of aliphatic carboxylic acids is 1. The number of nitrogens with zero attached hydrogens (tertiary/aromatic N) is 2. The number of carboxylic acids is 1. The minimum atomic E-state index is -3.54. The first-order valence-corrected chi connectivity index (χ1v) is 12.4. The highest BCUT2D eigenvalue weighted by Gasteiger charge is 2.35. The van der Waals surface area contributed by atoms with Crippen LogP contribution in [0.4, 0.5) is 0 Å². The molecule has 0 saturated heterocycles. The van der Waals surface area contributed by atoms with Gasteiger partial charge in [0.15, 0.2) is 5.79 Å². The van der Waals surface area contributed by atoms with Gasteiger partial charge in [-0.3, -0.25) is 4.90 Å². The molecule has 3 aromatic rings. The van der Waals surface area contributed by atoms with Crippen LogP contribution in [0.25, 0.3) is 22.0 Å². The lowest BCUT2D eigenvalue weighted by Gasteiger charge is -2.41. The second-order valence-electron chi connectivity index (χ2n) is 8.58. The quantitative estimate of drug-likeness (QED) is 0.445. The molecule has 34 heavy (non-hydrogen) atoms. The SMILES string of the molecule is CNS(=O)(=O)c1cccc(-c2ccc3[nH]c4c(c3c2)CN(C2(C)N=CC(C(=O)O)=CN2)CC4)c1. The number of rotatable bonds is 5. The number of sulfonamides is 1. The molecule has 0 saturated carbocycles. The van der Waals surface area contributed by atoms with E-state index in [1.807, 2.05) is 25.1 Å². The van der Waals surface area contributed by atoms with Crippen LogP contribution < -0.4 is 10.0 Å². The van der Waals surface area contributed by atoms with Crippen molar-refractivity contribution in [1.29, 1.82) is 0 Å². The summed E-state index contributed by atoms with van der Waals surface area (Å²) < 4.78 is 26.9. The summed E-state index contributed by atoms with van der Waals surface area (Å²) in [6, 6.07) is 13.0. The monoisotopic (exact) mass is 479 g/mol. The van der Waals surface area contributed by atoms with Crippen molar-refractivity contribution in [3.63, 3.8) is 0 Å². The minimum absolute atomic E-state index is 0.120. The predicted molar refractivity (Wildman–Crippen MR) is 130 cm³/mol. The van der Waals surface area contributed by atoms with Gasteiger partial charge in [0, 0.05) is 48.5 Å². The van der Waals surface area contributed by atoms with E-state index in [9.17, 15) is 18.3 Å². The molecule has 1 aromatic heterocycles. The van der Waals surface area contributed by atoms with Crippen molar-refractivity contribution in [2.45, 2.75) is 30.6 Å². The second kappa shape index (κ2) is 8.08. The second-order valence-corrected chi connectivity index (χ2v) is 10.5. The Bertz CT molecular complexity index is 1470. The highest BCUT2D eigenvalue weighted by Crippen LogP contribution is 2.34. The summed E-state index contributed by atoms with van der Waals surface area (Å²) in [5.74, 6) is -1.76. The number of hydrogen-bond acceptors (Lipinski definition) is 6. The smallest absolute Gasteiger partial charge is 0.338 e. The average molecular weight is 480 g/mol. The molecule has 0 aliphatic carbocycles. The minimum Gasteiger partial charge on any atom is -0.478 e. The first kappa shape index (κ1) is 22.3. The van der Waals surface area contributed by atoms with Crippen LogP contribution in [0.15, 0.2) is 64.1 Å². The molecule has 0 fully saturated rings. The zero-order valence-electron chi connectivity index (χ0n) is 18.8. The van der Waals surface area contributed by atoms with Crippen LogP contribution in [0.5, 0.6) is 0 Å². The number of aromatic amines is 1. The van der Waals surface area contributed by atoms with E-state index in [-0.39, 0.29) is 10.5 Å². The molecule has 2 aliphatic rings. The first-order chi connectivity index (χ1) is 16.2. The lowest BCUT2D eigenvalue weighted by Crippen LogP contribution is -2.56. The topological polar surface area (TPSA) is 127 Å². The highest BCUT2D eigenvalue weighted by molar-refractivity contribution is 7.89. The Labute approximate surface area is 197 Å². The summed E-state index contributed by atoms with van der Waals surface area (Å²) in [7, 11) is -2.14. The molecule has 9 nitrogen and oxygen atoms in total. The molecule has 2 aromatic carbocycles. The highest BCUT2D eigenvalue weighted by atomic mass is 32.2. The molecular formula is C24H25N5O4S. The third-order valence-corrected chi connectivity index (χ3v) is 7.95. The average Bonchev–Trinajstić information content (AvgIpc) is 3.21. The van der Waals surface area contributed by atoms with Crippen LogP contribution in [0.2, 0.25) is 0 Å². The van der Waals surface area contributed by atoms with Crippen LogP contribution in [0.3, 0.4) is 0 Å². The summed E-state index contributed by atoms with van der Waals surface area (Å²) in [5, 5.41) is 13.4. The third kappa shape index (κ3) is 3.79. The van der Waals surface area contributed by atoms with Crippen LogP contribution >= 0.6 is 0 Å². The Kier molecular flexibility index (Phi) is 5.31. The standard InChI is InChI=1S/C24H25N5O4S/c1-24(26-12-17(13-27-24)23(30)31)29-9-8-22-20(14-29)19-11-16(6-7-21(19)28-22)15-4-3-5-18(10-15)34(32,33)25-2/h3-7,10-13,25-26,28H,8-9,14H2,1-2H3,(H,30,31). The van der Waals surface area contributed by atoms with Crippen molar-refractivity contribution in [2.24, 2.45) is 4.99 Å². The van der Waals surface area contributed by atoms with Gasteiger partial charge in [0.05, 0.1) is 10.5 Å². The Morgan fingerprint density at radius 2 is 2.00 bits per heavy atom. The van der Waals surface area contributed by atoms with E-state index >= 15 is 0 Å². The van der Waals surface area contributed by atoms with Gasteiger partial charge in [0.2, 0.25) is 10.0 Å². The van der Waals surface area contributed by atoms with Gasteiger partial charge in [-0.1, -0.05) is 18.2 Å². The van der Waals surface area contributed by atoms with Gasteiger partial charge in [-0.05, 0) is 54.9 Å². The van der Waals surface area contributed by atoms with Gasteiger partial charge < -0.3 is 15.4 Å². The van der Waals surface area contributed by atoms with E-state index in [0.717, 1.165) is 40.6 Å². The van der Waals surface area contributed by atoms with Gasteiger partial charge in [0.1, 0.15) is 0 Å². The maximum atomic E-state index is 12.2. The number of carbonyl (C=O) groups is 1. The number of H-pyrrole nitrogens is 1. The molecule has 2 aliphatic heterocycles. The zero-order chi connectivity index (χ0) is 24.1. The zero-order valence-corrected chi connectivity index (χ0v) is 19.6. The fraction of sp³-hybridized carbons (Fsp3) is 0.250. The van der Waals surface area contributed by atoms with E-state index in [4.69, 9.17) is 0 Å². The Morgan fingerprint density at radius 1 is 1.21 bits per heavy atom. The van der Waals surface area contributed by atoms with E-state index in [1.54, 1.807) is 18.2 Å². The van der Waals surface area contributed by atoms with Gasteiger partial charge in [-0.25, -0.2) is 22.9 Å². The summed E-state index contributed by atoms with van der Waals surface area (Å²) in [4.78, 5) is 21.6. The number of nitrogens with one attached hydrogen (secondary N) is 3. The summed E-state index contributed by atoms with van der Waals surface area (Å²) >= 11 is 0. The Hall–Kier alpha value is -3.47. The lowest BCUT2D eigenvalue weighted by molar-refractivity contribution is -0.132. The van der Waals surface area contributed by atoms with Gasteiger partial charge in [-0.2, -0.15) is 0 Å². The molecule has 0 amide bonds. The molecule has 0 bridgehead atoms. The van der Waals surface area contributed by atoms with E-state index in [1.165, 1.54) is 25.2 Å². The fourth-order valence-corrected chi connectivity index (χ4v) is 5.28. The molecule has 10 heteroatoms. The first-order valence-electron chi connectivity index (χ1n) is 10.9. The number of aliphatic imine (C=N–C) groups is 1. The molecule has 0 radical (unpaired) electrons. The van der Waals surface area contributed by atoms with Crippen molar-refractivity contribution in [3.05, 3.63) is 65.5 Å². The summed E-state index contributed by atoms with van der Waals surface area (Å²) in [6.07, 6.45) is 3.69. The van der Waals surface area contributed by atoms with Crippen LogP contribution in [-0.2, 0) is 27.8 Å². The normalized spacial score (nSPS) is 20.6. The Morgan fingerprint density at radius 3 is 2.71 bits per heavy atom. The van der Waals surface area contributed by atoms with Crippen LogP contribution in [0.1, 0.15) is 18.2 Å². The molecule has 5 rings (SSSR count). The van der Waals surface area contributed by atoms with Crippen molar-refractivity contribution in [2.75, 3.05) is 13.6 Å². The molecule has 176 valence electrons. The predicted octanol–water partition coefficient (Wildman–Crippen LogP) is 2.42. The van der Waals surface area contributed by atoms with Crippen molar-refractivity contribution in [1.82, 2.24) is 19.9 Å². The fourth-order valence-electron chi connectivity index (χ4n) is 4.50. The molecule has 4 N–H and O–H groups in total. The number of aromatic nitrogens is 1. The summed E-state index contributed by atoms with van der Waals surface area (Å²) in [6.45, 7) is 3.31. The van der Waals surface area contributed by atoms with Gasteiger partial charge in [0.25, 0.3) is 0 Å². The number of carboxylic acid groups (broad SMARTS) is 1. The summed E-state index contributed by atoms with van der Waals surface area (Å²) in [5.41, 5.74) is 5.21. The van der Waals surface area contributed by atoms with Crippen LogP contribution in [0, 0.1) is 0 Å². The van der Waals surface area contributed by atoms with Gasteiger partial charge in [-0.15, -0.1) is 0 Å². The molecule has 1 atom stereocenters. The maximum absolute atomic E-state index is 12.2.